The average Bonchev–Trinajstić information content (AvgIpc) is 1.97. The third-order valence-electron chi connectivity index (χ3n) is 1.19. The van der Waals surface area contributed by atoms with Crippen molar-refractivity contribution in [2.75, 3.05) is 0 Å². The normalized spacial score (nSPS) is 12.5. The van der Waals surface area contributed by atoms with Crippen molar-refractivity contribution in [2.45, 2.75) is 38.7 Å². The molecule has 0 unspecified atom stereocenters. The van der Waals surface area contributed by atoms with Crippen LogP contribution in [0.4, 0.5) is 8.78 Å². The first-order chi connectivity index (χ1) is 5.16. The van der Waals surface area contributed by atoms with Gasteiger partial charge in [0, 0.05) is 0 Å². The Morgan fingerprint density at radius 2 is 2.00 bits per heavy atom. The summed E-state index contributed by atoms with van der Waals surface area (Å²) in [5, 5.41) is 8.92. The maximum atomic E-state index is 11.4. The van der Waals surface area contributed by atoms with E-state index < -0.39 is 12.5 Å². The standard InChI is InChI=1S/C8H12F2O/c1-2-3-4-7(11)5-6-8(9)10/h7-8,11H,2-4H2,1H3/t7-/m0/s1. The van der Waals surface area contributed by atoms with E-state index in [0.717, 1.165) is 12.8 Å². The lowest BCUT2D eigenvalue weighted by molar-refractivity contribution is 0.205. The maximum absolute atomic E-state index is 11.4. The Bertz CT molecular complexity index is 146. The van der Waals surface area contributed by atoms with Gasteiger partial charge in [0.05, 0.1) is 0 Å². The molecule has 0 amide bonds. The van der Waals surface area contributed by atoms with E-state index in [2.05, 4.69) is 5.92 Å². The van der Waals surface area contributed by atoms with Gasteiger partial charge in [-0.05, 0) is 12.3 Å². The lowest BCUT2D eigenvalue weighted by atomic mass is 10.2. The molecule has 0 bridgehead atoms. The summed E-state index contributed by atoms with van der Waals surface area (Å²) in [6, 6.07) is 0. The fraction of sp³-hybridized carbons (Fsp3) is 0.750. The molecule has 0 aromatic rings. The summed E-state index contributed by atoms with van der Waals surface area (Å²) in [6.45, 7) is 1.97. The predicted molar refractivity (Wildman–Crippen MR) is 39.3 cm³/mol. The fourth-order valence-corrected chi connectivity index (χ4v) is 0.629. The second kappa shape index (κ2) is 6.11. The van der Waals surface area contributed by atoms with Crippen LogP contribution in [0.25, 0.3) is 0 Å². The Hall–Kier alpha value is -0.620. The van der Waals surface area contributed by atoms with Crippen LogP contribution < -0.4 is 0 Å². The van der Waals surface area contributed by atoms with Gasteiger partial charge >= 0.3 is 0 Å². The third kappa shape index (κ3) is 7.27. The molecule has 0 saturated heterocycles. The number of hydrogen-bond donors (Lipinski definition) is 1. The number of unbranched alkanes of at least 4 members (excludes halogenated alkanes) is 1. The Morgan fingerprint density at radius 1 is 1.36 bits per heavy atom. The molecule has 1 N–H and O–H groups in total. The highest BCUT2D eigenvalue weighted by Crippen LogP contribution is 1.99. The highest BCUT2D eigenvalue weighted by molar-refractivity contribution is 5.06. The Kier molecular flexibility index (Phi) is 5.77. The van der Waals surface area contributed by atoms with Crippen molar-refractivity contribution < 1.29 is 13.9 Å². The minimum absolute atomic E-state index is 0.482. The van der Waals surface area contributed by atoms with Crippen LogP contribution in [0.5, 0.6) is 0 Å². The van der Waals surface area contributed by atoms with Crippen LogP contribution in [0, 0.1) is 11.8 Å². The minimum Gasteiger partial charge on any atom is -0.380 e. The highest BCUT2D eigenvalue weighted by atomic mass is 19.3. The Morgan fingerprint density at radius 3 is 2.45 bits per heavy atom. The van der Waals surface area contributed by atoms with E-state index in [4.69, 9.17) is 5.11 Å². The van der Waals surface area contributed by atoms with E-state index in [1.807, 2.05) is 6.92 Å². The monoisotopic (exact) mass is 162 g/mol. The first kappa shape index (κ1) is 10.4. The van der Waals surface area contributed by atoms with E-state index in [-0.39, 0.29) is 0 Å². The van der Waals surface area contributed by atoms with Gasteiger partial charge in [-0.15, -0.1) is 0 Å². The largest absolute Gasteiger partial charge is 0.380 e. The van der Waals surface area contributed by atoms with Gasteiger partial charge in [0.25, 0.3) is 6.43 Å². The average molecular weight is 162 g/mol. The molecule has 11 heavy (non-hydrogen) atoms. The van der Waals surface area contributed by atoms with Crippen molar-refractivity contribution in [2.24, 2.45) is 0 Å². The van der Waals surface area contributed by atoms with E-state index in [9.17, 15) is 8.78 Å². The number of aliphatic hydroxyl groups excluding tert-OH is 1. The molecular weight excluding hydrogens is 150 g/mol. The Labute approximate surface area is 65.4 Å². The van der Waals surface area contributed by atoms with Crippen LogP contribution in [0.3, 0.4) is 0 Å². The van der Waals surface area contributed by atoms with Crippen LogP contribution in [0.15, 0.2) is 0 Å². The van der Waals surface area contributed by atoms with E-state index in [1.165, 1.54) is 0 Å². The molecule has 0 saturated carbocycles. The first-order valence-corrected chi connectivity index (χ1v) is 3.64. The van der Waals surface area contributed by atoms with Gasteiger partial charge in [-0.3, -0.25) is 0 Å². The van der Waals surface area contributed by atoms with Crippen molar-refractivity contribution in [3.05, 3.63) is 0 Å². The molecule has 0 aliphatic rings. The summed E-state index contributed by atoms with van der Waals surface area (Å²) in [5.41, 5.74) is 0. The molecule has 0 radical (unpaired) electrons. The van der Waals surface area contributed by atoms with E-state index in [0.29, 0.717) is 6.42 Å². The molecule has 0 fully saturated rings. The van der Waals surface area contributed by atoms with Crippen molar-refractivity contribution in [1.29, 1.82) is 0 Å². The number of alkyl halides is 2. The number of rotatable bonds is 3. The maximum Gasteiger partial charge on any atom is 0.298 e. The molecule has 64 valence electrons. The predicted octanol–water partition coefficient (Wildman–Crippen LogP) is 1.81. The molecular formula is C8H12F2O. The molecule has 0 aromatic carbocycles. The van der Waals surface area contributed by atoms with Gasteiger partial charge < -0.3 is 5.11 Å². The fourth-order valence-electron chi connectivity index (χ4n) is 0.629. The zero-order valence-corrected chi connectivity index (χ0v) is 6.48. The molecule has 0 aliphatic carbocycles. The van der Waals surface area contributed by atoms with Gasteiger partial charge in [0.15, 0.2) is 0 Å². The third-order valence-corrected chi connectivity index (χ3v) is 1.19. The quantitative estimate of drug-likeness (QED) is 0.627. The van der Waals surface area contributed by atoms with Gasteiger partial charge in [-0.1, -0.05) is 25.7 Å². The van der Waals surface area contributed by atoms with Gasteiger partial charge in [-0.25, -0.2) is 0 Å². The SMILES string of the molecule is CCCC[C@H](O)C#CC(F)F. The molecule has 0 rings (SSSR count). The van der Waals surface area contributed by atoms with E-state index >= 15 is 0 Å². The summed E-state index contributed by atoms with van der Waals surface area (Å²) in [7, 11) is 0. The van der Waals surface area contributed by atoms with Crippen molar-refractivity contribution in [1.82, 2.24) is 0 Å². The van der Waals surface area contributed by atoms with Crippen LogP contribution in [-0.2, 0) is 0 Å². The molecule has 0 heterocycles. The lowest BCUT2D eigenvalue weighted by Gasteiger charge is -1.99. The number of halogens is 2. The van der Waals surface area contributed by atoms with Crippen LogP contribution in [0.1, 0.15) is 26.2 Å². The molecule has 0 spiro atoms. The first-order valence-electron chi connectivity index (χ1n) is 3.64. The molecule has 0 aromatic heterocycles. The van der Waals surface area contributed by atoms with Crippen molar-refractivity contribution in [3.8, 4) is 11.8 Å². The van der Waals surface area contributed by atoms with Gasteiger partial charge in [0.2, 0.25) is 0 Å². The zero-order chi connectivity index (χ0) is 8.69. The summed E-state index contributed by atoms with van der Waals surface area (Å²) < 4.78 is 22.9. The second-order valence-electron chi connectivity index (χ2n) is 2.25. The van der Waals surface area contributed by atoms with Crippen molar-refractivity contribution in [3.63, 3.8) is 0 Å². The summed E-state index contributed by atoms with van der Waals surface area (Å²) in [5.74, 6) is 3.69. The minimum atomic E-state index is -2.63. The smallest absolute Gasteiger partial charge is 0.298 e. The summed E-state index contributed by atoms with van der Waals surface area (Å²) in [6.07, 6.45) is -1.28. The van der Waals surface area contributed by atoms with Crippen LogP contribution in [0.2, 0.25) is 0 Å². The van der Waals surface area contributed by atoms with Crippen LogP contribution in [-0.4, -0.2) is 17.6 Å². The zero-order valence-electron chi connectivity index (χ0n) is 6.48. The Balaban J connectivity index is 3.53. The number of hydrogen-bond acceptors (Lipinski definition) is 1. The lowest BCUT2D eigenvalue weighted by Crippen LogP contribution is -2.02. The van der Waals surface area contributed by atoms with E-state index in [1.54, 1.807) is 5.92 Å². The van der Waals surface area contributed by atoms with Crippen molar-refractivity contribution >= 4 is 0 Å². The summed E-state index contributed by atoms with van der Waals surface area (Å²) in [4.78, 5) is 0. The molecule has 0 aliphatic heterocycles. The van der Waals surface area contributed by atoms with Gasteiger partial charge in [-0.2, -0.15) is 8.78 Å². The summed E-state index contributed by atoms with van der Waals surface area (Å²) >= 11 is 0. The molecule has 1 nitrogen and oxygen atoms in total. The van der Waals surface area contributed by atoms with Gasteiger partial charge in [0.1, 0.15) is 6.10 Å². The van der Waals surface area contributed by atoms with Crippen LogP contribution >= 0.6 is 0 Å². The molecule has 1 atom stereocenters. The number of aliphatic hydroxyl groups is 1. The second-order valence-corrected chi connectivity index (χ2v) is 2.25. The molecule has 3 heteroatoms. The topological polar surface area (TPSA) is 20.2 Å². The highest BCUT2D eigenvalue weighted by Gasteiger charge is 1.98.